The van der Waals surface area contributed by atoms with Crippen LogP contribution in [0, 0.1) is 0 Å². The minimum atomic E-state index is -0.983. The molecule has 0 atom stereocenters. The molecule has 2 aromatic carbocycles. The van der Waals surface area contributed by atoms with Gasteiger partial charge < -0.3 is 10.4 Å². The largest absolute Gasteiger partial charge is 0.465 e. The first-order valence-electron chi connectivity index (χ1n) is 5.91. The summed E-state index contributed by atoms with van der Waals surface area (Å²) < 4.78 is 0. The van der Waals surface area contributed by atoms with Crippen LogP contribution in [0.5, 0.6) is 0 Å². The van der Waals surface area contributed by atoms with Crippen LogP contribution in [0.2, 0.25) is 0 Å². The Bertz CT molecular complexity index is 620. The number of fused-ring (bicyclic) bond motifs is 3. The average Bonchev–Trinajstić information content (AvgIpc) is 2.75. The van der Waals surface area contributed by atoms with Crippen LogP contribution in [0.25, 0.3) is 11.1 Å². The lowest BCUT2D eigenvalue weighted by Gasteiger charge is -2.08. The fraction of sp³-hybridized carbons (Fsp3) is 0.133. The van der Waals surface area contributed by atoms with E-state index in [1.807, 2.05) is 24.3 Å². The van der Waals surface area contributed by atoms with Crippen molar-refractivity contribution < 1.29 is 9.90 Å². The summed E-state index contributed by atoms with van der Waals surface area (Å²) in [5.41, 5.74) is 6.12. The summed E-state index contributed by atoms with van der Waals surface area (Å²) >= 11 is 0. The van der Waals surface area contributed by atoms with Crippen LogP contribution in [0.15, 0.2) is 42.5 Å². The van der Waals surface area contributed by atoms with Gasteiger partial charge in [0.05, 0.1) is 0 Å². The van der Waals surface area contributed by atoms with Gasteiger partial charge in [0, 0.05) is 6.54 Å². The van der Waals surface area contributed by atoms with Crippen molar-refractivity contribution in [2.24, 2.45) is 0 Å². The number of hydrogen-bond acceptors (Lipinski definition) is 1. The van der Waals surface area contributed by atoms with Crippen molar-refractivity contribution in [3.8, 4) is 11.1 Å². The molecule has 0 aromatic heterocycles. The number of nitrogens with one attached hydrogen (secondary N) is 1. The molecule has 0 aliphatic heterocycles. The molecule has 0 saturated carbocycles. The first-order valence-corrected chi connectivity index (χ1v) is 5.91. The SMILES string of the molecule is O=C(O)NCc1cccc2c1Cc1ccccc1-2. The highest BCUT2D eigenvalue weighted by atomic mass is 16.4. The third-order valence-electron chi connectivity index (χ3n) is 3.38. The summed E-state index contributed by atoms with van der Waals surface area (Å²) in [4.78, 5) is 10.6. The number of amides is 1. The second-order valence-electron chi connectivity index (χ2n) is 4.44. The van der Waals surface area contributed by atoms with Crippen LogP contribution >= 0.6 is 0 Å². The second-order valence-corrected chi connectivity index (χ2v) is 4.44. The smallest absolute Gasteiger partial charge is 0.404 e. The van der Waals surface area contributed by atoms with Crippen LogP contribution in [-0.4, -0.2) is 11.2 Å². The van der Waals surface area contributed by atoms with Gasteiger partial charge in [-0.05, 0) is 34.2 Å². The molecule has 3 nitrogen and oxygen atoms in total. The molecule has 3 heteroatoms. The highest BCUT2D eigenvalue weighted by molar-refractivity contribution is 5.78. The Labute approximate surface area is 105 Å². The lowest BCUT2D eigenvalue weighted by atomic mass is 10.0. The van der Waals surface area contributed by atoms with E-state index in [1.54, 1.807) is 0 Å². The zero-order valence-corrected chi connectivity index (χ0v) is 9.81. The second kappa shape index (κ2) is 4.18. The average molecular weight is 239 g/mol. The molecule has 90 valence electrons. The summed E-state index contributed by atoms with van der Waals surface area (Å²) in [7, 11) is 0. The van der Waals surface area contributed by atoms with Gasteiger partial charge in [0.1, 0.15) is 0 Å². The minimum Gasteiger partial charge on any atom is -0.465 e. The highest BCUT2D eigenvalue weighted by Crippen LogP contribution is 2.37. The Morgan fingerprint density at radius 3 is 2.72 bits per heavy atom. The van der Waals surface area contributed by atoms with Crippen LogP contribution in [0.4, 0.5) is 4.79 Å². The monoisotopic (exact) mass is 239 g/mol. The molecule has 0 saturated heterocycles. The third-order valence-corrected chi connectivity index (χ3v) is 3.38. The molecule has 0 unspecified atom stereocenters. The maximum Gasteiger partial charge on any atom is 0.404 e. The van der Waals surface area contributed by atoms with Gasteiger partial charge in [-0.3, -0.25) is 0 Å². The van der Waals surface area contributed by atoms with Crippen molar-refractivity contribution in [1.29, 1.82) is 0 Å². The van der Waals surface area contributed by atoms with Crippen LogP contribution in [-0.2, 0) is 13.0 Å². The van der Waals surface area contributed by atoms with Gasteiger partial charge in [-0.15, -0.1) is 0 Å². The van der Waals surface area contributed by atoms with E-state index in [2.05, 4.69) is 23.5 Å². The Morgan fingerprint density at radius 2 is 1.89 bits per heavy atom. The maximum absolute atomic E-state index is 10.6. The van der Waals surface area contributed by atoms with Gasteiger partial charge >= 0.3 is 6.09 Å². The predicted molar refractivity (Wildman–Crippen MR) is 69.5 cm³/mol. The molecule has 1 aliphatic carbocycles. The van der Waals surface area contributed by atoms with E-state index in [9.17, 15) is 4.79 Å². The van der Waals surface area contributed by atoms with E-state index in [4.69, 9.17) is 5.11 Å². The summed E-state index contributed by atoms with van der Waals surface area (Å²) in [5.74, 6) is 0. The molecule has 3 rings (SSSR count). The quantitative estimate of drug-likeness (QED) is 0.722. The van der Waals surface area contributed by atoms with E-state index in [0.717, 1.165) is 12.0 Å². The van der Waals surface area contributed by atoms with Gasteiger partial charge in [0.25, 0.3) is 0 Å². The molecule has 0 fully saturated rings. The van der Waals surface area contributed by atoms with Crippen molar-refractivity contribution in [2.45, 2.75) is 13.0 Å². The normalized spacial score (nSPS) is 11.8. The van der Waals surface area contributed by atoms with E-state index < -0.39 is 6.09 Å². The summed E-state index contributed by atoms with van der Waals surface area (Å²) in [6.07, 6.45) is -0.0914. The lowest BCUT2D eigenvalue weighted by Crippen LogP contribution is -2.20. The molecular weight excluding hydrogens is 226 g/mol. The molecule has 0 radical (unpaired) electrons. The van der Waals surface area contributed by atoms with Crippen molar-refractivity contribution >= 4 is 6.09 Å². The Hall–Kier alpha value is -2.29. The highest BCUT2D eigenvalue weighted by Gasteiger charge is 2.20. The summed E-state index contributed by atoms with van der Waals surface area (Å²) in [6, 6.07) is 14.4. The number of benzene rings is 2. The van der Waals surface area contributed by atoms with Crippen LogP contribution in [0.1, 0.15) is 16.7 Å². The lowest BCUT2D eigenvalue weighted by molar-refractivity contribution is 0.194. The van der Waals surface area contributed by atoms with Crippen molar-refractivity contribution in [3.63, 3.8) is 0 Å². The van der Waals surface area contributed by atoms with Gasteiger partial charge in [-0.2, -0.15) is 0 Å². The fourth-order valence-corrected chi connectivity index (χ4v) is 2.56. The molecule has 2 aromatic rings. The van der Waals surface area contributed by atoms with E-state index in [-0.39, 0.29) is 0 Å². The molecule has 0 spiro atoms. The van der Waals surface area contributed by atoms with Crippen LogP contribution < -0.4 is 5.32 Å². The van der Waals surface area contributed by atoms with Gasteiger partial charge in [-0.1, -0.05) is 42.5 Å². The molecular formula is C15H13NO2. The van der Waals surface area contributed by atoms with E-state index >= 15 is 0 Å². The van der Waals surface area contributed by atoms with Gasteiger partial charge in [-0.25, -0.2) is 4.79 Å². The Kier molecular flexibility index (Phi) is 2.52. The van der Waals surface area contributed by atoms with E-state index in [0.29, 0.717) is 6.54 Å². The standard InChI is InChI=1S/C15H13NO2/c17-15(18)16-9-11-5-3-7-13-12-6-2-1-4-10(12)8-14(11)13/h1-7,16H,8-9H2,(H,17,18). The number of hydrogen-bond donors (Lipinski definition) is 2. The van der Waals surface area contributed by atoms with Crippen LogP contribution in [0.3, 0.4) is 0 Å². The molecule has 1 amide bonds. The Balaban J connectivity index is 2.00. The van der Waals surface area contributed by atoms with Crippen molar-refractivity contribution in [1.82, 2.24) is 5.32 Å². The third kappa shape index (κ3) is 1.74. The van der Waals surface area contributed by atoms with Gasteiger partial charge in [0.2, 0.25) is 0 Å². The van der Waals surface area contributed by atoms with Crippen molar-refractivity contribution in [3.05, 3.63) is 59.2 Å². The minimum absolute atomic E-state index is 0.368. The van der Waals surface area contributed by atoms with Crippen molar-refractivity contribution in [2.75, 3.05) is 0 Å². The Morgan fingerprint density at radius 1 is 1.11 bits per heavy atom. The maximum atomic E-state index is 10.6. The van der Waals surface area contributed by atoms with Gasteiger partial charge in [0.15, 0.2) is 0 Å². The zero-order chi connectivity index (χ0) is 12.5. The van der Waals surface area contributed by atoms with E-state index in [1.165, 1.54) is 22.3 Å². The number of rotatable bonds is 2. The molecule has 18 heavy (non-hydrogen) atoms. The molecule has 0 bridgehead atoms. The molecule has 2 N–H and O–H groups in total. The predicted octanol–water partition coefficient (Wildman–Crippen LogP) is 3.03. The number of carbonyl (C=O) groups is 1. The fourth-order valence-electron chi connectivity index (χ4n) is 2.56. The zero-order valence-electron chi connectivity index (χ0n) is 9.81. The number of carboxylic acid groups (broad SMARTS) is 1. The summed E-state index contributed by atoms with van der Waals surface area (Å²) in [5, 5.41) is 11.1. The first-order chi connectivity index (χ1) is 8.75. The molecule has 0 heterocycles. The summed E-state index contributed by atoms with van der Waals surface area (Å²) in [6.45, 7) is 0.368. The molecule has 1 aliphatic rings. The first kappa shape index (κ1) is 10.8. The topological polar surface area (TPSA) is 49.3 Å².